The van der Waals surface area contributed by atoms with Gasteiger partial charge < -0.3 is 14.5 Å². The number of rotatable bonds is 4. The molecule has 0 bridgehead atoms. The summed E-state index contributed by atoms with van der Waals surface area (Å²) >= 11 is 0. The lowest BCUT2D eigenvalue weighted by molar-refractivity contribution is -0.137. The molecule has 1 aliphatic heterocycles. The number of halogens is 4. The van der Waals surface area contributed by atoms with Crippen molar-refractivity contribution in [1.82, 2.24) is 4.90 Å². The van der Waals surface area contributed by atoms with Crippen LogP contribution in [0.5, 0.6) is 0 Å². The lowest BCUT2D eigenvalue weighted by atomic mass is 10.1. The van der Waals surface area contributed by atoms with E-state index in [1.54, 1.807) is 18.2 Å². The lowest BCUT2D eigenvalue weighted by Crippen LogP contribution is -2.50. The van der Waals surface area contributed by atoms with Crippen LogP contribution >= 0.6 is 0 Å². The van der Waals surface area contributed by atoms with Crippen molar-refractivity contribution in [2.45, 2.75) is 6.18 Å². The van der Waals surface area contributed by atoms with Crippen molar-refractivity contribution < 1.29 is 31.9 Å². The third-order valence-electron chi connectivity index (χ3n) is 4.60. The molecule has 0 saturated carbocycles. The summed E-state index contributed by atoms with van der Waals surface area (Å²) in [7, 11) is 0. The van der Waals surface area contributed by atoms with E-state index in [1.807, 2.05) is 4.90 Å². The average Bonchev–Trinajstić information content (AvgIpc) is 2.72. The molecule has 2 aromatic rings. The Morgan fingerprint density at radius 3 is 2.14 bits per heavy atom. The average molecular weight is 410 g/mol. The minimum Gasteiger partial charge on any atom is -0.452 e. The summed E-state index contributed by atoms with van der Waals surface area (Å²) in [6.07, 6.45) is -4.50. The number of hydrogen-bond acceptors (Lipinski definition) is 4. The molecule has 9 heteroatoms. The van der Waals surface area contributed by atoms with E-state index < -0.39 is 30.2 Å². The number of piperazine rings is 1. The van der Waals surface area contributed by atoms with Crippen LogP contribution in [0.25, 0.3) is 0 Å². The van der Waals surface area contributed by atoms with Crippen molar-refractivity contribution in [1.29, 1.82) is 0 Å². The van der Waals surface area contributed by atoms with Crippen LogP contribution < -0.4 is 4.90 Å². The number of ether oxygens (including phenoxy) is 1. The normalized spacial score (nSPS) is 14.6. The zero-order chi connectivity index (χ0) is 21.0. The van der Waals surface area contributed by atoms with E-state index in [0.717, 1.165) is 24.3 Å². The number of carbonyl (C=O) groups excluding carboxylic acids is 2. The van der Waals surface area contributed by atoms with Crippen LogP contribution in [0.4, 0.5) is 23.2 Å². The predicted octanol–water partition coefficient (Wildman–Crippen LogP) is 3.35. The van der Waals surface area contributed by atoms with E-state index in [2.05, 4.69) is 0 Å². The SMILES string of the molecule is O=C(OCC(=O)N1CCN(c2ccccc2F)CC1)c1ccc(C(F)(F)F)cc1. The summed E-state index contributed by atoms with van der Waals surface area (Å²) in [5.41, 5.74) is -0.485. The topological polar surface area (TPSA) is 49.9 Å². The zero-order valence-corrected chi connectivity index (χ0v) is 15.3. The van der Waals surface area contributed by atoms with Crippen LogP contribution in [0, 0.1) is 5.82 Å². The highest BCUT2D eigenvalue weighted by Gasteiger charge is 2.30. The number of para-hydroxylation sites is 1. The fraction of sp³-hybridized carbons (Fsp3) is 0.300. The molecule has 0 unspecified atom stereocenters. The van der Waals surface area contributed by atoms with Gasteiger partial charge in [0, 0.05) is 26.2 Å². The van der Waals surface area contributed by atoms with E-state index in [1.165, 1.54) is 11.0 Å². The third kappa shape index (κ3) is 5.04. The van der Waals surface area contributed by atoms with Crippen LogP contribution in [0.3, 0.4) is 0 Å². The van der Waals surface area contributed by atoms with Gasteiger partial charge in [0.2, 0.25) is 0 Å². The summed E-state index contributed by atoms with van der Waals surface area (Å²) in [5.74, 6) is -1.63. The number of carbonyl (C=O) groups is 2. The van der Waals surface area contributed by atoms with Gasteiger partial charge in [0.1, 0.15) is 5.82 Å². The molecule has 0 aromatic heterocycles. The first-order valence-corrected chi connectivity index (χ1v) is 8.87. The molecule has 0 radical (unpaired) electrons. The molecule has 2 aromatic carbocycles. The Morgan fingerprint density at radius 2 is 1.55 bits per heavy atom. The largest absolute Gasteiger partial charge is 0.452 e. The standard InChI is InChI=1S/C20H18F4N2O3/c21-16-3-1-2-4-17(16)25-9-11-26(12-10-25)18(27)13-29-19(28)14-5-7-15(8-6-14)20(22,23)24/h1-8H,9-13H2. The third-order valence-corrected chi connectivity index (χ3v) is 4.60. The molecule has 1 heterocycles. The highest BCUT2D eigenvalue weighted by Crippen LogP contribution is 2.29. The van der Waals surface area contributed by atoms with Gasteiger partial charge in [-0.1, -0.05) is 12.1 Å². The highest BCUT2D eigenvalue weighted by atomic mass is 19.4. The fourth-order valence-electron chi connectivity index (χ4n) is 3.00. The maximum atomic E-state index is 13.8. The second-order valence-electron chi connectivity index (χ2n) is 6.47. The van der Waals surface area contributed by atoms with E-state index >= 15 is 0 Å². The summed E-state index contributed by atoms with van der Waals surface area (Å²) in [6.45, 7) is 1.02. The van der Waals surface area contributed by atoms with E-state index in [-0.39, 0.29) is 11.4 Å². The Morgan fingerprint density at radius 1 is 0.931 bits per heavy atom. The minimum atomic E-state index is -4.50. The number of anilines is 1. The van der Waals surface area contributed by atoms with Crippen LogP contribution in [0.15, 0.2) is 48.5 Å². The lowest BCUT2D eigenvalue weighted by Gasteiger charge is -2.36. The molecule has 1 saturated heterocycles. The van der Waals surface area contributed by atoms with Crippen LogP contribution in [0.2, 0.25) is 0 Å². The van der Waals surface area contributed by atoms with Crippen molar-refractivity contribution in [3.63, 3.8) is 0 Å². The molecule has 0 N–H and O–H groups in total. The number of hydrogen-bond donors (Lipinski definition) is 0. The predicted molar refractivity (Wildman–Crippen MR) is 96.9 cm³/mol. The number of nitrogens with zero attached hydrogens (tertiary/aromatic N) is 2. The Kier molecular flexibility index (Phi) is 6.05. The molecule has 1 aliphatic rings. The Bertz CT molecular complexity index is 876. The molecular weight excluding hydrogens is 392 g/mol. The zero-order valence-electron chi connectivity index (χ0n) is 15.3. The van der Waals surface area contributed by atoms with Gasteiger partial charge in [0.25, 0.3) is 5.91 Å². The maximum Gasteiger partial charge on any atom is 0.416 e. The maximum absolute atomic E-state index is 13.8. The first kappa shape index (κ1) is 20.6. The molecule has 0 spiro atoms. The molecule has 154 valence electrons. The van der Waals surface area contributed by atoms with Crippen LogP contribution in [-0.2, 0) is 15.7 Å². The number of amides is 1. The van der Waals surface area contributed by atoms with Crippen molar-refractivity contribution >= 4 is 17.6 Å². The molecule has 1 amide bonds. The van der Waals surface area contributed by atoms with Crippen LogP contribution in [-0.4, -0.2) is 49.6 Å². The molecule has 3 rings (SSSR count). The minimum absolute atomic E-state index is 0.0739. The second-order valence-corrected chi connectivity index (χ2v) is 6.47. The van der Waals surface area contributed by atoms with E-state index in [0.29, 0.717) is 31.9 Å². The van der Waals surface area contributed by atoms with Crippen molar-refractivity contribution in [3.05, 3.63) is 65.5 Å². The monoisotopic (exact) mass is 410 g/mol. The van der Waals surface area contributed by atoms with Gasteiger partial charge in [-0.3, -0.25) is 4.79 Å². The Balaban J connectivity index is 1.49. The van der Waals surface area contributed by atoms with E-state index in [4.69, 9.17) is 4.74 Å². The second kappa shape index (κ2) is 8.50. The summed E-state index contributed by atoms with van der Waals surface area (Å²) < 4.78 is 56.4. The summed E-state index contributed by atoms with van der Waals surface area (Å²) in [5, 5.41) is 0. The highest BCUT2D eigenvalue weighted by molar-refractivity contribution is 5.91. The molecule has 0 aliphatic carbocycles. The van der Waals surface area contributed by atoms with E-state index in [9.17, 15) is 27.2 Å². The van der Waals surface area contributed by atoms with Gasteiger partial charge in [-0.25, -0.2) is 9.18 Å². The van der Waals surface area contributed by atoms with Gasteiger partial charge in [-0.15, -0.1) is 0 Å². The number of alkyl halides is 3. The van der Waals surface area contributed by atoms with Crippen molar-refractivity contribution in [3.8, 4) is 0 Å². The molecule has 1 fully saturated rings. The van der Waals surface area contributed by atoms with Gasteiger partial charge >= 0.3 is 12.1 Å². The first-order chi connectivity index (χ1) is 13.8. The molecular formula is C20H18F4N2O3. The molecule has 29 heavy (non-hydrogen) atoms. The Labute approximate surface area is 164 Å². The van der Waals surface area contributed by atoms with Crippen LogP contribution in [0.1, 0.15) is 15.9 Å². The number of benzene rings is 2. The quantitative estimate of drug-likeness (QED) is 0.573. The number of esters is 1. The van der Waals surface area contributed by atoms with Gasteiger partial charge in [-0.2, -0.15) is 13.2 Å². The van der Waals surface area contributed by atoms with Crippen molar-refractivity contribution in [2.75, 3.05) is 37.7 Å². The smallest absolute Gasteiger partial charge is 0.416 e. The summed E-state index contributed by atoms with van der Waals surface area (Å²) in [4.78, 5) is 27.5. The van der Waals surface area contributed by atoms with Crippen molar-refractivity contribution in [2.24, 2.45) is 0 Å². The van der Waals surface area contributed by atoms with Gasteiger partial charge in [0.15, 0.2) is 6.61 Å². The van der Waals surface area contributed by atoms with Gasteiger partial charge in [0.05, 0.1) is 16.8 Å². The molecule has 5 nitrogen and oxygen atoms in total. The van der Waals surface area contributed by atoms with Gasteiger partial charge in [-0.05, 0) is 36.4 Å². The Hall–Kier alpha value is -3.10. The first-order valence-electron chi connectivity index (χ1n) is 8.87. The summed E-state index contributed by atoms with van der Waals surface area (Å²) in [6, 6.07) is 9.93. The molecule has 0 atom stereocenters. The fourth-order valence-corrected chi connectivity index (χ4v) is 3.00.